The average Bonchev–Trinajstić information content (AvgIpc) is 3.39. The van der Waals surface area contributed by atoms with Crippen LogP contribution in [0.1, 0.15) is 50.7 Å². The monoisotopic (exact) mass is 395 g/mol. The van der Waals surface area contributed by atoms with Gasteiger partial charge in [-0.1, -0.05) is 32.3 Å². The number of aryl methyl sites for hydroxylation is 1. The van der Waals surface area contributed by atoms with Crippen molar-refractivity contribution in [1.29, 1.82) is 0 Å². The molecule has 0 amide bonds. The Morgan fingerprint density at radius 2 is 2.03 bits per heavy atom. The van der Waals surface area contributed by atoms with Crippen molar-refractivity contribution in [2.24, 2.45) is 4.99 Å². The van der Waals surface area contributed by atoms with Crippen molar-refractivity contribution in [3.8, 4) is 0 Å². The smallest absolute Gasteiger partial charge is 0.191 e. The van der Waals surface area contributed by atoms with E-state index in [1.54, 1.807) is 6.33 Å². The molecule has 0 bridgehead atoms. The predicted octanol–water partition coefficient (Wildman–Crippen LogP) is 1.95. The van der Waals surface area contributed by atoms with E-state index < -0.39 is 0 Å². The molecular weight excluding hydrogens is 366 g/mol. The third-order valence-corrected chi connectivity index (χ3v) is 5.37. The van der Waals surface area contributed by atoms with Crippen molar-refractivity contribution in [3.63, 3.8) is 0 Å². The number of hydrogen-bond donors (Lipinski definition) is 2. The number of hydrogen-bond acceptors (Lipinski definition) is 5. The van der Waals surface area contributed by atoms with Crippen molar-refractivity contribution in [2.45, 2.75) is 64.6 Å². The van der Waals surface area contributed by atoms with E-state index in [-0.39, 0.29) is 0 Å². The maximum absolute atomic E-state index is 4.80. The Hall–Kier alpha value is -2.97. The molecule has 9 heteroatoms. The summed E-state index contributed by atoms with van der Waals surface area (Å²) in [5.74, 6) is 2.66. The quantitative estimate of drug-likeness (QED) is 0.469. The van der Waals surface area contributed by atoms with Crippen LogP contribution in [0.25, 0.3) is 5.65 Å². The molecule has 4 rings (SSSR count). The fourth-order valence-corrected chi connectivity index (χ4v) is 3.78. The SMILES string of the molecule is CCc1nncn1CCNC(=NCc1nnc2ccccn12)NC1CCCCC1. The van der Waals surface area contributed by atoms with Gasteiger partial charge in [0.25, 0.3) is 0 Å². The van der Waals surface area contributed by atoms with Gasteiger partial charge in [0.2, 0.25) is 0 Å². The summed E-state index contributed by atoms with van der Waals surface area (Å²) in [4.78, 5) is 4.80. The molecule has 1 aliphatic carbocycles. The molecule has 0 radical (unpaired) electrons. The van der Waals surface area contributed by atoms with Crippen molar-refractivity contribution in [3.05, 3.63) is 42.4 Å². The molecule has 0 aliphatic heterocycles. The van der Waals surface area contributed by atoms with E-state index in [4.69, 9.17) is 4.99 Å². The number of aromatic nitrogens is 6. The van der Waals surface area contributed by atoms with E-state index in [9.17, 15) is 0 Å². The Bertz CT molecular complexity index is 936. The molecule has 3 aromatic rings. The first-order valence-electron chi connectivity index (χ1n) is 10.5. The van der Waals surface area contributed by atoms with E-state index in [1.165, 1.54) is 32.1 Å². The first-order chi connectivity index (χ1) is 14.3. The lowest BCUT2D eigenvalue weighted by atomic mass is 9.96. The number of pyridine rings is 1. The fourth-order valence-electron chi connectivity index (χ4n) is 3.78. The van der Waals surface area contributed by atoms with Crippen molar-refractivity contribution in [2.75, 3.05) is 6.54 Å². The molecule has 2 N–H and O–H groups in total. The molecule has 0 spiro atoms. The average molecular weight is 396 g/mol. The lowest BCUT2D eigenvalue weighted by Crippen LogP contribution is -2.45. The number of rotatable bonds is 7. The highest BCUT2D eigenvalue weighted by Gasteiger charge is 2.15. The molecule has 9 nitrogen and oxygen atoms in total. The van der Waals surface area contributed by atoms with Crippen molar-refractivity contribution < 1.29 is 0 Å². The highest BCUT2D eigenvalue weighted by Crippen LogP contribution is 2.17. The lowest BCUT2D eigenvalue weighted by molar-refractivity contribution is 0.409. The van der Waals surface area contributed by atoms with E-state index >= 15 is 0 Å². The summed E-state index contributed by atoms with van der Waals surface area (Å²) in [5, 5.41) is 23.7. The van der Waals surface area contributed by atoms with Crippen LogP contribution in [0.5, 0.6) is 0 Å². The Labute approximate surface area is 170 Å². The van der Waals surface area contributed by atoms with Gasteiger partial charge in [0, 0.05) is 31.7 Å². The van der Waals surface area contributed by atoms with E-state index in [0.717, 1.165) is 42.8 Å². The molecule has 3 heterocycles. The van der Waals surface area contributed by atoms with Gasteiger partial charge in [-0.05, 0) is 25.0 Å². The molecule has 1 fully saturated rings. The lowest BCUT2D eigenvalue weighted by Gasteiger charge is -2.25. The zero-order valence-electron chi connectivity index (χ0n) is 17.0. The highest BCUT2D eigenvalue weighted by molar-refractivity contribution is 5.80. The third kappa shape index (κ3) is 4.90. The number of nitrogens with zero attached hydrogens (tertiary/aromatic N) is 7. The molecule has 0 saturated heterocycles. The van der Waals surface area contributed by atoms with Crippen LogP contribution in [-0.4, -0.2) is 47.9 Å². The molecule has 0 aromatic carbocycles. The number of nitrogens with one attached hydrogen (secondary N) is 2. The summed E-state index contributed by atoms with van der Waals surface area (Å²) >= 11 is 0. The minimum atomic E-state index is 0.472. The van der Waals surface area contributed by atoms with E-state index in [2.05, 4.69) is 42.5 Å². The highest BCUT2D eigenvalue weighted by atomic mass is 15.3. The van der Waals surface area contributed by atoms with Crippen LogP contribution in [0.15, 0.2) is 35.7 Å². The number of aliphatic imine (C=N–C) groups is 1. The Kier molecular flexibility index (Phi) is 6.33. The Morgan fingerprint density at radius 1 is 1.14 bits per heavy atom. The largest absolute Gasteiger partial charge is 0.355 e. The normalized spacial score (nSPS) is 15.7. The van der Waals surface area contributed by atoms with E-state index in [1.807, 2.05) is 28.8 Å². The maximum Gasteiger partial charge on any atom is 0.191 e. The molecule has 1 aliphatic rings. The summed E-state index contributed by atoms with van der Waals surface area (Å²) in [6, 6.07) is 6.37. The minimum absolute atomic E-state index is 0.472. The van der Waals surface area contributed by atoms with Gasteiger partial charge in [0.05, 0.1) is 0 Å². The van der Waals surface area contributed by atoms with Crippen LogP contribution in [0.4, 0.5) is 0 Å². The summed E-state index contributed by atoms with van der Waals surface area (Å²) in [6.07, 6.45) is 10.9. The van der Waals surface area contributed by atoms with Gasteiger partial charge < -0.3 is 15.2 Å². The summed E-state index contributed by atoms with van der Waals surface area (Å²) < 4.78 is 4.06. The molecular formula is C20H29N9. The van der Waals surface area contributed by atoms with Crippen molar-refractivity contribution in [1.82, 2.24) is 40.0 Å². The maximum atomic E-state index is 4.80. The van der Waals surface area contributed by atoms with E-state index in [0.29, 0.717) is 12.6 Å². The summed E-state index contributed by atoms with van der Waals surface area (Å²) in [5.41, 5.74) is 0.840. The van der Waals surface area contributed by atoms with Crippen LogP contribution in [0.3, 0.4) is 0 Å². The molecule has 0 atom stereocenters. The second-order valence-electron chi connectivity index (χ2n) is 7.41. The Balaban J connectivity index is 1.42. The molecule has 154 valence electrons. The topological polar surface area (TPSA) is 97.3 Å². The van der Waals surface area contributed by atoms with Gasteiger partial charge in [0.15, 0.2) is 17.4 Å². The predicted molar refractivity (Wildman–Crippen MR) is 112 cm³/mol. The minimum Gasteiger partial charge on any atom is -0.355 e. The molecule has 0 unspecified atom stereocenters. The van der Waals surface area contributed by atoms with Gasteiger partial charge in [-0.25, -0.2) is 4.99 Å². The second kappa shape index (κ2) is 9.49. The standard InChI is InChI=1S/C20H29N9/c1-2-17-25-23-15-28(17)13-11-21-20(24-16-8-4-3-5-9-16)22-14-19-27-26-18-10-6-7-12-29(18)19/h6-7,10,12,15-16H,2-5,8-9,11,13-14H2,1H3,(H2,21,22,24). The molecule has 3 aromatic heterocycles. The Morgan fingerprint density at radius 3 is 2.90 bits per heavy atom. The zero-order valence-corrected chi connectivity index (χ0v) is 17.0. The van der Waals surface area contributed by atoms with Crippen LogP contribution in [0.2, 0.25) is 0 Å². The number of guanidine groups is 1. The second-order valence-corrected chi connectivity index (χ2v) is 7.41. The van der Waals surface area contributed by atoms with Gasteiger partial charge in [-0.3, -0.25) is 4.40 Å². The van der Waals surface area contributed by atoms with Gasteiger partial charge in [-0.15, -0.1) is 20.4 Å². The van der Waals surface area contributed by atoms with Gasteiger partial charge in [-0.2, -0.15) is 0 Å². The van der Waals surface area contributed by atoms with Crippen LogP contribution < -0.4 is 10.6 Å². The van der Waals surface area contributed by atoms with Gasteiger partial charge in [0.1, 0.15) is 18.7 Å². The summed E-state index contributed by atoms with van der Waals surface area (Å²) in [7, 11) is 0. The molecule has 29 heavy (non-hydrogen) atoms. The first kappa shape index (κ1) is 19.4. The van der Waals surface area contributed by atoms with Crippen LogP contribution in [-0.2, 0) is 19.5 Å². The number of fused-ring (bicyclic) bond motifs is 1. The zero-order chi connectivity index (χ0) is 19.9. The van der Waals surface area contributed by atoms with Crippen LogP contribution in [0, 0.1) is 0 Å². The summed E-state index contributed by atoms with van der Waals surface area (Å²) in [6.45, 7) is 4.12. The molecule has 1 saturated carbocycles. The fraction of sp³-hybridized carbons (Fsp3) is 0.550. The first-order valence-corrected chi connectivity index (χ1v) is 10.5. The van der Waals surface area contributed by atoms with Crippen molar-refractivity contribution >= 4 is 11.6 Å². The van der Waals surface area contributed by atoms with Crippen LogP contribution >= 0.6 is 0 Å². The van der Waals surface area contributed by atoms with Gasteiger partial charge >= 0.3 is 0 Å². The third-order valence-electron chi connectivity index (χ3n) is 5.37.